The van der Waals surface area contributed by atoms with Crippen LogP contribution in [0.2, 0.25) is 5.02 Å². The number of nitrogens with zero attached hydrogens (tertiary/aromatic N) is 1. The second-order valence-electron chi connectivity index (χ2n) is 6.29. The van der Waals surface area contributed by atoms with Gasteiger partial charge in [0.05, 0.1) is 17.5 Å². The Balaban J connectivity index is 1.72. The average molecular weight is 408 g/mol. The number of fused-ring (bicyclic) bond motifs is 1. The molecule has 0 saturated heterocycles. The smallest absolute Gasteiger partial charge is 0.338 e. The number of rotatable bonds is 5. The van der Waals surface area contributed by atoms with Crippen molar-refractivity contribution in [3.05, 3.63) is 64.2 Å². The Morgan fingerprint density at radius 3 is 2.63 bits per heavy atom. The van der Waals surface area contributed by atoms with Crippen LogP contribution < -0.4 is 4.31 Å². The number of anilines is 1. The SMILES string of the molecule is CS(=O)(=O)N1CCCc2cc(C(=O)COC(=O)c3cccc(Cl)c3)ccc21. The molecule has 0 aromatic heterocycles. The maximum absolute atomic E-state index is 12.4. The molecule has 3 rings (SSSR count). The highest BCUT2D eigenvalue weighted by Gasteiger charge is 2.24. The third kappa shape index (κ3) is 4.48. The molecule has 2 aromatic carbocycles. The zero-order valence-electron chi connectivity index (χ0n) is 14.6. The Morgan fingerprint density at radius 2 is 1.93 bits per heavy atom. The molecular weight excluding hydrogens is 390 g/mol. The van der Waals surface area contributed by atoms with Crippen LogP contribution in [0.4, 0.5) is 5.69 Å². The second kappa shape index (κ2) is 7.70. The highest BCUT2D eigenvalue weighted by molar-refractivity contribution is 7.92. The molecule has 1 aliphatic rings. The number of halogens is 1. The van der Waals surface area contributed by atoms with Gasteiger partial charge in [-0.25, -0.2) is 13.2 Å². The molecule has 2 aromatic rings. The Labute approximate surface area is 162 Å². The van der Waals surface area contributed by atoms with E-state index >= 15 is 0 Å². The third-order valence-corrected chi connectivity index (χ3v) is 5.69. The van der Waals surface area contributed by atoms with E-state index in [1.54, 1.807) is 36.4 Å². The first-order valence-corrected chi connectivity index (χ1v) is 10.5. The molecule has 0 unspecified atom stereocenters. The lowest BCUT2D eigenvalue weighted by Crippen LogP contribution is -2.34. The number of benzene rings is 2. The first kappa shape index (κ1) is 19.4. The Morgan fingerprint density at radius 1 is 1.15 bits per heavy atom. The number of sulfonamides is 1. The number of hydrogen-bond acceptors (Lipinski definition) is 5. The zero-order valence-corrected chi connectivity index (χ0v) is 16.2. The normalized spacial score (nSPS) is 13.8. The lowest BCUT2D eigenvalue weighted by molar-refractivity contribution is 0.0474. The number of carbonyl (C=O) groups is 2. The van der Waals surface area contributed by atoms with Gasteiger partial charge in [0, 0.05) is 17.1 Å². The number of aryl methyl sites for hydroxylation is 1. The van der Waals surface area contributed by atoms with Crippen molar-refractivity contribution in [1.29, 1.82) is 0 Å². The highest BCUT2D eigenvalue weighted by atomic mass is 35.5. The second-order valence-corrected chi connectivity index (χ2v) is 8.64. The van der Waals surface area contributed by atoms with E-state index in [1.165, 1.54) is 10.4 Å². The van der Waals surface area contributed by atoms with Crippen molar-refractivity contribution in [3.8, 4) is 0 Å². The molecular formula is C19H18ClNO5S. The lowest BCUT2D eigenvalue weighted by atomic mass is 9.99. The number of carbonyl (C=O) groups excluding carboxylic acids is 2. The molecule has 27 heavy (non-hydrogen) atoms. The predicted octanol–water partition coefficient (Wildman–Crippen LogP) is 3.09. The van der Waals surface area contributed by atoms with Gasteiger partial charge in [0.1, 0.15) is 0 Å². The van der Waals surface area contributed by atoms with Crippen molar-refractivity contribution in [2.45, 2.75) is 12.8 Å². The van der Waals surface area contributed by atoms with Gasteiger partial charge < -0.3 is 4.74 Å². The van der Waals surface area contributed by atoms with E-state index in [9.17, 15) is 18.0 Å². The molecule has 6 nitrogen and oxygen atoms in total. The summed E-state index contributed by atoms with van der Waals surface area (Å²) in [7, 11) is -3.36. The number of ketones is 1. The summed E-state index contributed by atoms with van der Waals surface area (Å²) in [6.07, 6.45) is 2.53. The minimum absolute atomic E-state index is 0.268. The molecule has 0 amide bonds. The van der Waals surface area contributed by atoms with Crippen LogP contribution in [0.5, 0.6) is 0 Å². The molecule has 8 heteroatoms. The Hall–Kier alpha value is -2.38. The monoisotopic (exact) mass is 407 g/mol. The van der Waals surface area contributed by atoms with Gasteiger partial charge in [-0.15, -0.1) is 0 Å². The standard InChI is InChI=1S/C19H18ClNO5S/c1-27(24,25)21-9-3-5-13-10-14(7-8-17(13)21)18(22)12-26-19(23)15-4-2-6-16(20)11-15/h2,4,6-8,10-11H,3,5,9,12H2,1H3. The van der Waals surface area contributed by atoms with E-state index in [0.29, 0.717) is 35.7 Å². The van der Waals surface area contributed by atoms with Crippen LogP contribution in [0.25, 0.3) is 0 Å². The van der Waals surface area contributed by atoms with Crippen molar-refractivity contribution < 1.29 is 22.7 Å². The van der Waals surface area contributed by atoms with Gasteiger partial charge in [0.15, 0.2) is 12.4 Å². The van der Waals surface area contributed by atoms with Crippen molar-refractivity contribution in [3.63, 3.8) is 0 Å². The van der Waals surface area contributed by atoms with Gasteiger partial charge in [-0.2, -0.15) is 0 Å². The minimum Gasteiger partial charge on any atom is -0.454 e. The molecule has 0 radical (unpaired) electrons. The largest absolute Gasteiger partial charge is 0.454 e. The zero-order chi connectivity index (χ0) is 19.6. The molecule has 0 fully saturated rings. The molecule has 0 N–H and O–H groups in total. The molecule has 0 atom stereocenters. The van der Waals surface area contributed by atoms with Gasteiger partial charge in [-0.1, -0.05) is 17.7 Å². The molecule has 0 bridgehead atoms. The van der Waals surface area contributed by atoms with Gasteiger partial charge in [0.25, 0.3) is 0 Å². The van der Waals surface area contributed by atoms with E-state index < -0.39 is 22.6 Å². The predicted molar refractivity (Wildman–Crippen MR) is 103 cm³/mol. The van der Waals surface area contributed by atoms with Crippen LogP contribution in [-0.4, -0.2) is 39.6 Å². The van der Waals surface area contributed by atoms with Crippen molar-refractivity contribution in [2.24, 2.45) is 0 Å². The number of Topliss-reactive ketones (excluding diaryl/α,β-unsaturated/α-hetero) is 1. The highest BCUT2D eigenvalue weighted by Crippen LogP contribution is 2.30. The molecule has 0 aliphatic carbocycles. The van der Waals surface area contributed by atoms with Crippen molar-refractivity contribution in [1.82, 2.24) is 0 Å². The van der Waals surface area contributed by atoms with E-state index in [1.807, 2.05) is 0 Å². The first-order valence-electron chi connectivity index (χ1n) is 8.32. The fourth-order valence-electron chi connectivity index (χ4n) is 2.99. The number of ether oxygens (including phenoxy) is 1. The van der Waals surface area contributed by atoms with Crippen molar-refractivity contribution >= 4 is 39.1 Å². The topological polar surface area (TPSA) is 80.8 Å². The lowest BCUT2D eigenvalue weighted by Gasteiger charge is -2.29. The van der Waals surface area contributed by atoms with Crippen molar-refractivity contribution in [2.75, 3.05) is 23.7 Å². The quantitative estimate of drug-likeness (QED) is 0.562. The van der Waals surface area contributed by atoms with E-state index in [2.05, 4.69) is 0 Å². The summed E-state index contributed by atoms with van der Waals surface area (Å²) in [5.74, 6) is -0.989. The van der Waals surface area contributed by atoms with Gasteiger partial charge in [-0.05, 0) is 54.8 Å². The van der Waals surface area contributed by atoms with Crippen LogP contribution in [0, 0.1) is 0 Å². The average Bonchev–Trinajstić information content (AvgIpc) is 2.64. The summed E-state index contributed by atoms with van der Waals surface area (Å²) in [6.45, 7) is 0.0241. The maximum atomic E-state index is 12.4. The summed E-state index contributed by atoms with van der Waals surface area (Å²) < 4.78 is 30.2. The van der Waals surface area contributed by atoms with Gasteiger partial charge >= 0.3 is 5.97 Å². The summed E-state index contributed by atoms with van der Waals surface area (Å²) in [5.41, 5.74) is 2.03. The molecule has 1 heterocycles. The molecule has 0 spiro atoms. The van der Waals surface area contributed by atoms with Crippen LogP contribution in [-0.2, 0) is 21.2 Å². The van der Waals surface area contributed by atoms with Gasteiger partial charge in [0.2, 0.25) is 10.0 Å². The molecule has 1 aliphatic heterocycles. The number of esters is 1. The van der Waals surface area contributed by atoms with Crippen LogP contribution in [0.15, 0.2) is 42.5 Å². The fourth-order valence-corrected chi connectivity index (χ4v) is 4.18. The number of hydrogen-bond donors (Lipinski definition) is 0. The van der Waals surface area contributed by atoms with Crippen LogP contribution in [0.1, 0.15) is 32.7 Å². The van der Waals surface area contributed by atoms with E-state index in [4.69, 9.17) is 16.3 Å². The Kier molecular flexibility index (Phi) is 5.53. The Bertz CT molecular complexity index is 1000. The van der Waals surface area contributed by atoms with Gasteiger partial charge in [-0.3, -0.25) is 9.10 Å². The summed E-state index contributed by atoms with van der Waals surface area (Å²) in [5, 5.41) is 0.404. The minimum atomic E-state index is -3.36. The summed E-state index contributed by atoms with van der Waals surface area (Å²) >= 11 is 5.84. The summed E-state index contributed by atoms with van der Waals surface area (Å²) in [4.78, 5) is 24.4. The molecule has 0 saturated carbocycles. The first-order chi connectivity index (χ1) is 12.8. The van der Waals surface area contributed by atoms with Crippen LogP contribution in [0.3, 0.4) is 0 Å². The van der Waals surface area contributed by atoms with E-state index in [-0.39, 0.29) is 11.3 Å². The van der Waals surface area contributed by atoms with Crippen LogP contribution >= 0.6 is 11.6 Å². The third-order valence-electron chi connectivity index (χ3n) is 4.27. The molecule has 142 valence electrons. The summed E-state index contributed by atoms with van der Waals surface area (Å²) in [6, 6.07) is 11.1. The maximum Gasteiger partial charge on any atom is 0.338 e. The van der Waals surface area contributed by atoms with E-state index in [0.717, 1.165) is 11.8 Å². The fraction of sp³-hybridized carbons (Fsp3) is 0.263.